The molecule has 0 spiro atoms. The van der Waals surface area contributed by atoms with Crippen LogP contribution in [0.5, 0.6) is 0 Å². The predicted molar refractivity (Wildman–Crippen MR) is 103 cm³/mol. The topological polar surface area (TPSA) is 45.0 Å². The van der Waals surface area contributed by atoms with Crippen LogP contribution < -0.4 is 0 Å². The number of allylic oxidation sites excluding steroid dienone is 2. The number of amides is 1. The Morgan fingerprint density at radius 1 is 1.29 bits per heavy atom. The Morgan fingerprint density at radius 2 is 2.04 bits per heavy atom. The number of likely N-dealkylation sites (tertiary alicyclic amines) is 1. The normalized spacial score (nSPS) is 31.9. The maximum Gasteiger partial charge on any atom is 0.230 e. The maximum absolute atomic E-state index is 14.3. The van der Waals surface area contributed by atoms with Gasteiger partial charge in [-0.05, 0) is 68.7 Å². The van der Waals surface area contributed by atoms with E-state index in [1.165, 1.54) is 18.2 Å². The van der Waals surface area contributed by atoms with E-state index in [1.807, 2.05) is 4.90 Å². The summed E-state index contributed by atoms with van der Waals surface area (Å²) in [6, 6.07) is 3.98. The molecule has 1 aromatic rings. The second kappa shape index (κ2) is 7.22. The van der Waals surface area contributed by atoms with Crippen LogP contribution in [-0.4, -0.2) is 29.9 Å². The standard InChI is InChI=1S/C22H25F2N3O/c1-14-11-19(20-17(23)6-3-7-18(20)24)26-25-13-22(9-8-16(14)12-22)21(28)27-10-4-5-15(27)2/h3,6-7,11,15-16H,1,4-5,8-10,12-13H2,2H3/b19-11-,26-25?/t15?,16-,22-/m0/s1. The van der Waals surface area contributed by atoms with E-state index in [0.29, 0.717) is 6.42 Å². The molecule has 3 aliphatic rings. The first-order chi connectivity index (χ1) is 13.4. The molecule has 4 nitrogen and oxygen atoms in total. The Balaban J connectivity index is 1.68. The monoisotopic (exact) mass is 385 g/mol. The van der Waals surface area contributed by atoms with Crippen molar-refractivity contribution in [1.82, 2.24) is 4.90 Å². The minimum absolute atomic E-state index is 0.0928. The van der Waals surface area contributed by atoms with E-state index in [1.54, 1.807) is 6.08 Å². The highest BCUT2D eigenvalue weighted by molar-refractivity contribution is 5.84. The first-order valence-electron chi connectivity index (χ1n) is 9.95. The lowest BCUT2D eigenvalue weighted by atomic mass is 9.82. The lowest BCUT2D eigenvalue weighted by Crippen LogP contribution is -2.46. The van der Waals surface area contributed by atoms with E-state index < -0.39 is 17.0 Å². The molecule has 1 aromatic carbocycles. The van der Waals surface area contributed by atoms with Crippen LogP contribution in [0.25, 0.3) is 5.70 Å². The summed E-state index contributed by atoms with van der Waals surface area (Å²) in [4.78, 5) is 15.4. The fourth-order valence-corrected chi connectivity index (χ4v) is 4.82. The summed E-state index contributed by atoms with van der Waals surface area (Å²) in [5, 5.41) is 8.42. The molecule has 4 rings (SSSR count). The van der Waals surface area contributed by atoms with Crippen LogP contribution in [0.3, 0.4) is 0 Å². The molecule has 1 amide bonds. The molecule has 1 aliphatic carbocycles. The van der Waals surface area contributed by atoms with Crippen molar-refractivity contribution in [3.63, 3.8) is 0 Å². The average molecular weight is 385 g/mol. The first-order valence-corrected chi connectivity index (χ1v) is 9.95. The van der Waals surface area contributed by atoms with Crippen LogP contribution in [0, 0.1) is 23.0 Å². The lowest BCUT2D eigenvalue weighted by Gasteiger charge is -2.33. The Bertz CT molecular complexity index is 858. The minimum atomic E-state index is -0.681. The van der Waals surface area contributed by atoms with Crippen molar-refractivity contribution in [2.75, 3.05) is 13.1 Å². The number of carbonyl (C=O) groups is 1. The quantitative estimate of drug-likeness (QED) is 0.696. The van der Waals surface area contributed by atoms with Crippen LogP contribution in [-0.2, 0) is 4.79 Å². The van der Waals surface area contributed by atoms with Crippen molar-refractivity contribution in [3.8, 4) is 0 Å². The van der Waals surface area contributed by atoms with Gasteiger partial charge < -0.3 is 4.90 Å². The lowest BCUT2D eigenvalue weighted by molar-refractivity contribution is -0.142. The van der Waals surface area contributed by atoms with E-state index in [9.17, 15) is 13.6 Å². The highest BCUT2D eigenvalue weighted by atomic mass is 19.1. The van der Waals surface area contributed by atoms with Gasteiger partial charge in [-0.2, -0.15) is 10.2 Å². The number of hydrogen-bond acceptors (Lipinski definition) is 3. The zero-order valence-electron chi connectivity index (χ0n) is 16.1. The van der Waals surface area contributed by atoms with Gasteiger partial charge in [0.15, 0.2) is 0 Å². The fraction of sp³-hybridized carbons (Fsp3) is 0.500. The number of benzene rings is 1. The summed E-state index contributed by atoms with van der Waals surface area (Å²) in [5.41, 5.74) is 0.0962. The van der Waals surface area contributed by atoms with E-state index >= 15 is 0 Å². The average Bonchev–Trinajstić information content (AvgIpc) is 3.28. The van der Waals surface area contributed by atoms with Gasteiger partial charge in [-0.3, -0.25) is 4.79 Å². The third-order valence-electron chi connectivity index (χ3n) is 6.49. The molecule has 2 bridgehead atoms. The zero-order valence-corrected chi connectivity index (χ0v) is 16.1. The number of carbonyl (C=O) groups excluding carboxylic acids is 1. The van der Waals surface area contributed by atoms with Gasteiger partial charge >= 0.3 is 0 Å². The summed E-state index contributed by atoms with van der Waals surface area (Å²) >= 11 is 0. The minimum Gasteiger partial charge on any atom is -0.339 e. The molecular weight excluding hydrogens is 360 g/mol. The SMILES string of the molecule is C=C1/C=C(/c2c(F)cccc2F)N=NC[C@]2(C(=O)N3CCCC3C)CC[C@H]1C2. The summed E-state index contributed by atoms with van der Waals surface area (Å²) < 4.78 is 28.5. The molecular formula is C22H25F2N3O. The molecule has 6 heteroatoms. The zero-order chi connectivity index (χ0) is 19.9. The number of nitrogens with zero attached hydrogens (tertiary/aromatic N) is 3. The van der Waals surface area contributed by atoms with Crippen molar-refractivity contribution in [1.29, 1.82) is 0 Å². The number of halogens is 2. The molecule has 0 N–H and O–H groups in total. The Kier molecular flexibility index (Phi) is 4.89. The fourth-order valence-electron chi connectivity index (χ4n) is 4.82. The molecule has 0 radical (unpaired) electrons. The van der Waals surface area contributed by atoms with Gasteiger partial charge in [0.2, 0.25) is 5.91 Å². The molecule has 28 heavy (non-hydrogen) atoms. The van der Waals surface area contributed by atoms with Gasteiger partial charge in [0, 0.05) is 12.6 Å². The van der Waals surface area contributed by atoms with Crippen LogP contribution >= 0.6 is 0 Å². The molecule has 2 heterocycles. The Hall–Kier alpha value is -2.37. The molecule has 2 fully saturated rings. The van der Waals surface area contributed by atoms with E-state index in [0.717, 1.165) is 37.8 Å². The second-order valence-corrected chi connectivity index (χ2v) is 8.31. The van der Waals surface area contributed by atoms with Crippen molar-refractivity contribution >= 4 is 11.6 Å². The van der Waals surface area contributed by atoms with E-state index in [4.69, 9.17) is 0 Å². The van der Waals surface area contributed by atoms with Crippen LogP contribution in [0.15, 0.2) is 46.7 Å². The third-order valence-corrected chi connectivity index (χ3v) is 6.49. The van der Waals surface area contributed by atoms with Crippen LogP contribution in [0.1, 0.15) is 44.6 Å². The highest BCUT2D eigenvalue weighted by Crippen LogP contribution is 2.48. The van der Waals surface area contributed by atoms with Crippen molar-refractivity contribution < 1.29 is 13.6 Å². The summed E-state index contributed by atoms with van der Waals surface area (Å²) in [7, 11) is 0. The number of fused-ring (bicyclic) bond motifs is 2. The van der Waals surface area contributed by atoms with Gasteiger partial charge in [0.05, 0.1) is 23.2 Å². The van der Waals surface area contributed by atoms with Crippen molar-refractivity contribution in [2.24, 2.45) is 21.6 Å². The van der Waals surface area contributed by atoms with Gasteiger partial charge in [0.25, 0.3) is 0 Å². The van der Waals surface area contributed by atoms with Gasteiger partial charge in [-0.1, -0.05) is 12.6 Å². The Labute approximate surface area is 164 Å². The maximum atomic E-state index is 14.3. The number of rotatable bonds is 2. The summed E-state index contributed by atoms with van der Waals surface area (Å²) in [6.07, 6.45) is 5.91. The molecule has 1 unspecified atom stereocenters. The van der Waals surface area contributed by atoms with Crippen molar-refractivity contribution in [2.45, 2.75) is 45.1 Å². The molecule has 148 valence electrons. The van der Waals surface area contributed by atoms with E-state index in [2.05, 4.69) is 23.7 Å². The predicted octanol–water partition coefficient (Wildman–Crippen LogP) is 5.13. The third kappa shape index (κ3) is 3.19. The van der Waals surface area contributed by atoms with E-state index in [-0.39, 0.29) is 35.7 Å². The van der Waals surface area contributed by atoms with Crippen LogP contribution in [0.2, 0.25) is 0 Å². The Morgan fingerprint density at radius 3 is 2.71 bits per heavy atom. The highest BCUT2D eigenvalue weighted by Gasteiger charge is 2.49. The summed E-state index contributed by atoms with van der Waals surface area (Å²) in [6.45, 7) is 7.24. The smallest absolute Gasteiger partial charge is 0.230 e. The molecule has 3 atom stereocenters. The molecule has 1 saturated carbocycles. The number of hydrogen-bond donors (Lipinski definition) is 0. The molecule has 1 saturated heterocycles. The second-order valence-electron chi connectivity index (χ2n) is 8.31. The largest absolute Gasteiger partial charge is 0.339 e. The van der Waals surface area contributed by atoms with Gasteiger partial charge in [-0.15, -0.1) is 0 Å². The molecule has 0 aromatic heterocycles. The number of azo groups is 1. The van der Waals surface area contributed by atoms with Crippen molar-refractivity contribution in [3.05, 3.63) is 53.6 Å². The van der Waals surface area contributed by atoms with Gasteiger partial charge in [0.1, 0.15) is 11.6 Å². The van der Waals surface area contributed by atoms with Gasteiger partial charge in [-0.25, -0.2) is 8.78 Å². The first kappa shape index (κ1) is 19.0. The molecule has 2 aliphatic heterocycles. The van der Waals surface area contributed by atoms with Crippen LogP contribution in [0.4, 0.5) is 8.78 Å². The summed E-state index contributed by atoms with van der Waals surface area (Å²) in [5.74, 6) is -1.12.